The Morgan fingerprint density at radius 2 is 2.18 bits per heavy atom. The fourth-order valence-electron chi connectivity index (χ4n) is 3.03. The van der Waals surface area contributed by atoms with Crippen LogP contribution in [0.5, 0.6) is 0 Å². The van der Waals surface area contributed by atoms with Gasteiger partial charge >= 0.3 is 0 Å². The molecule has 1 aromatic carbocycles. The Kier molecular flexibility index (Phi) is 6.82. The molecule has 0 aliphatic carbocycles. The molecule has 2 aliphatic heterocycles. The number of halogens is 1. The minimum Gasteiger partial charge on any atom is -0.376 e. The average molecular weight is 407 g/mol. The number of hydrogen-bond acceptors (Lipinski definition) is 6. The van der Waals surface area contributed by atoms with Gasteiger partial charge in [0.2, 0.25) is 5.91 Å². The number of nitrogens with one attached hydrogen (secondary N) is 1. The highest BCUT2D eigenvalue weighted by Crippen LogP contribution is 2.32. The van der Waals surface area contributed by atoms with E-state index in [2.05, 4.69) is 5.32 Å². The molecule has 0 spiro atoms. The summed E-state index contributed by atoms with van der Waals surface area (Å²) in [6.45, 7) is 4.44. The molecular formula is C19H22FN3O4S. The number of carbonyl (C=O) groups is 3. The van der Waals surface area contributed by atoms with Crippen LogP contribution >= 0.6 is 11.8 Å². The first-order valence-corrected chi connectivity index (χ1v) is 9.86. The molecule has 2 heterocycles. The number of morpholine rings is 1. The van der Waals surface area contributed by atoms with E-state index in [-0.39, 0.29) is 42.1 Å². The van der Waals surface area contributed by atoms with Crippen molar-refractivity contribution in [3.8, 4) is 0 Å². The Balaban J connectivity index is 1.49. The Morgan fingerprint density at radius 3 is 2.93 bits per heavy atom. The van der Waals surface area contributed by atoms with Gasteiger partial charge in [0.25, 0.3) is 11.1 Å². The minimum absolute atomic E-state index is 0.0739. The van der Waals surface area contributed by atoms with E-state index in [1.165, 1.54) is 18.2 Å². The lowest BCUT2D eigenvalue weighted by Crippen LogP contribution is -2.47. The summed E-state index contributed by atoms with van der Waals surface area (Å²) in [5, 5.41) is 2.30. The maximum Gasteiger partial charge on any atom is 0.293 e. The van der Waals surface area contributed by atoms with Gasteiger partial charge in [-0.25, -0.2) is 4.39 Å². The Labute approximate surface area is 166 Å². The van der Waals surface area contributed by atoms with Gasteiger partial charge in [-0.05, 0) is 30.8 Å². The number of imide groups is 1. The van der Waals surface area contributed by atoms with Gasteiger partial charge in [-0.2, -0.15) is 0 Å². The summed E-state index contributed by atoms with van der Waals surface area (Å²) in [6.07, 6.45) is 1.47. The fourth-order valence-corrected chi connectivity index (χ4v) is 3.88. The van der Waals surface area contributed by atoms with Crippen molar-refractivity contribution in [3.63, 3.8) is 0 Å². The van der Waals surface area contributed by atoms with Crippen LogP contribution in [0.3, 0.4) is 0 Å². The number of rotatable bonds is 6. The van der Waals surface area contributed by atoms with Crippen molar-refractivity contribution in [2.45, 2.75) is 13.0 Å². The quantitative estimate of drug-likeness (QED) is 0.724. The van der Waals surface area contributed by atoms with Crippen LogP contribution in [0.2, 0.25) is 0 Å². The van der Waals surface area contributed by atoms with Gasteiger partial charge in [-0.3, -0.25) is 24.2 Å². The lowest BCUT2D eigenvalue weighted by atomic mass is 10.2. The standard InChI is InChI=1S/C19H22FN3O4S/c1-13-11-22(8-9-27-13)12-17(24)21-6-7-23-18(25)16(28-19(23)26)10-14-4-2-3-5-15(14)20/h2-5,10,13H,6-9,11-12H2,1H3,(H,21,24)/b16-10-. The molecule has 1 atom stereocenters. The first-order chi connectivity index (χ1) is 13.4. The molecule has 28 heavy (non-hydrogen) atoms. The molecule has 1 unspecified atom stereocenters. The summed E-state index contributed by atoms with van der Waals surface area (Å²) >= 11 is 0.770. The zero-order valence-corrected chi connectivity index (χ0v) is 16.3. The number of hydrogen-bond donors (Lipinski definition) is 1. The SMILES string of the molecule is CC1CN(CC(=O)NCCN2C(=O)S/C(=C\c3ccccc3F)C2=O)CCO1. The number of benzene rings is 1. The maximum atomic E-state index is 13.7. The molecule has 2 fully saturated rings. The number of carbonyl (C=O) groups excluding carboxylic acids is 3. The normalized spacial score (nSPS) is 22.1. The molecular weight excluding hydrogens is 385 g/mol. The number of ether oxygens (including phenoxy) is 1. The summed E-state index contributed by atoms with van der Waals surface area (Å²) in [6, 6.07) is 6.04. The van der Waals surface area contributed by atoms with E-state index in [1.807, 2.05) is 11.8 Å². The Morgan fingerprint density at radius 1 is 1.39 bits per heavy atom. The van der Waals surface area contributed by atoms with Crippen LogP contribution in [-0.2, 0) is 14.3 Å². The number of amides is 3. The van der Waals surface area contributed by atoms with Crippen LogP contribution in [0.4, 0.5) is 9.18 Å². The van der Waals surface area contributed by atoms with Crippen LogP contribution in [0.15, 0.2) is 29.2 Å². The smallest absolute Gasteiger partial charge is 0.293 e. The molecule has 2 saturated heterocycles. The zero-order chi connectivity index (χ0) is 20.1. The third kappa shape index (κ3) is 5.18. The third-order valence-electron chi connectivity index (χ3n) is 4.42. The molecule has 0 saturated carbocycles. The van der Waals surface area contributed by atoms with Gasteiger partial charge in [0.15, 0.2) is 0 Å². The van der Waals surface area contributed by atoms with Gasteiger partial charge in [-0.1, -0.05) is 18.2 Å². The molecule has 150 valence electrons. The summed E-state index contributed by atoms with van der Waals surface area (Å²) < 4.78 is 19.2. The van der Waals surface area contributed by atoms with Crippen LogP contribution in [-0.4, -0.2) is 72.3 Å². The van der Waals surface area contributed by atoms with Gasteiger partial charge in [-0.15, -0.1) is 0 Å². The summed E-state index contributed by atoms with van der Waals surface area (Å²) in [4.78, 5) is 39.8. The van der Waals surface area contributed by atoms with Crippen molar-refractivity contribution >= 4 is 34.9 Å². The molecule has 0 radical (unpaired) electrons. The van der Waals surface area contributed by atoms with Crippen molar-refractivity contribution in [2.24, 2.45) is 0 Å². The largest absolute Gasteiger partial charge is 0.376 e. The second-order valence-corrected chi connectivity index (χ2v) is 7.61. The average Bonchev–Trinajstić information content (AvgIpc) is 2.91. The van der Waals surface area contributed by atoms with Gasteiger partial charge < -0.3 is 10.1 Å². The Bertz CT molecular complexity index is 801. The van der Waals surface area contributed by atoms with E-state index in [1.54, 1.807) is 12.1 Å². The van der Waals surface area contributed by atoms with Gasteiger partial charge in [0.05, 0.1) is 24.2 Å². The summed E-state index contributed by atoms with van der Waals surface area (Å²) in [5.74, 6) is -1.10. The second kappa shape index (κ2) is 9.31. The first-order valence-electron chi connectivity index (χ1n) is 9.04. The highest BCUT2D eigenvalue weighted by Gasteiger charge is 2.34. The predicted molar refractivity (Wildman–Crippen MR) is 104 cm³/mol. The lowest BCUT2D eigenvalue weighted by molar-refractivity contribution is -0.125. The van der Waals surface area contributed by atoms with Crippen molar-refractivity contribution < 1.29 is 23.5 Å². The second-order valence-electron chi connectivity index (χ2n) is 6.62. The number of thioether (sulfide) groups is 1. The molecule has 3 rings (SSSR count). The monoisotopic (exact) mass is 407 g/mol. The van der Waals surface area contributed by atoms with E-state index < -0.39 is 17.0 Å². The Hall–Kier alpha value is -2.23. The zero-order valence-electron chi connectivity index (χ0n) is 15.5. The van der Waals surface area contributed by atoms with E-state index in [0.29, 0.717) is 19.7 Å². The number of nitrogens with zero attached hydrogens (tertiary/aromatic N) is 2. The van der Waals surface area contributed by atoms with E-state index in [9.17, 15) is 18.8 Å². The van der Waals surface area contributed by atoms with E-state index >= 15 is 0 Å². The predicted octanol–water partition coefficient (Wildman–Crippen LogP) is 1.70. The van der Waals surface area contributed by atoms with E-state index in [0.717, 1.165) is 16.7 Å². The molecule has 0 aromatic heterocycles. The van der Waals surface area contributed by atoms with Crippen LogP contribution < -0.4 is 5.32 Å². The lowest BCUT2D eigenvalue weighted by Gasteiger charge is -2.30. The molecule has 1 aromatic rings. The van der Waals surface area contributed by atoms with Crippen molar-refractivity contribution in [3.05, 3.63) is 40.6 Å². The molecule has 9 heteroatoms. The van der Waals surface area contributed by atoms with Gasteiger partial charge in [0.1, 0.15) is 5.82 Å². The summed E-state index contributed by atoms with van der Waals surface area (Å²) in [5.41, 5.74) is 0.251. The third-order valence-corrected chi connectivity index (χ3v) is 5.32. The highest BCUT2D eigenvalue weighted by molar-refractivity contribution is 8.18. The van der Waals surface area contributed by atoms with Crippen molar-refractivity contribution in [1.29, 1.82) is 0 Å². The molecule has 2 aliphatic rings. The van der Waals surface area contributed by atoms with E-state index in [4.69, 9.17) is 4.74 Å². The maximum absolute atomic E-state index is 13.7. The highest BCUT2D eigenvalue weighted by atomic mass is 32.2. The summed E-state index contributed by atoms with van der Waals surface area (Å²) in [7, 11) is 0. The molecule has 7 nitrogen and oxygen atoms in total. The van der Waals surface area contributed by atoms with Gasteiger partial charge in [0, 0.05) is 31.7 Å². The van der Waals surface area contributed by atoms with Crippen LogP contribution in [0, 0.1) is 5.82 Å². The molecule has 3 amide bonds. The molecule has 1 N–H and O–H groups in total. The minimum atomic E-state index is -0.477. The van der Waals surface area contributed by atoms with Crippen LogP contribution in [0.25, 0.3) is 6.08 Å². The van der Waals surface area contributed by atoms with Crippen molar-refractivity contribution in [2.75, 3.05) is 39.3 Å². The topological polar surface area (TPSA) is 79.0 Å². The first kappa shape index (κ1) is 20.5. The van der Waals surface area contributed by atoms with Crippen LogP contribution in [0.1, 0.15) is 12.5 Å². The fraction of sp³-hybridized carbons (Fsp3) is 0.421. The van der Waals surface area contributed by atoms with Crippen molar-refractivity contribution in [1.82, 2.24) is 15.1 Å². The molecule has 0 bridgehead atoms.